The van der Waals surface area contributed by atoms with E-state index in [0.717, 1.165) is 17.7 Å². The van der Waals surface area contributed by atoms with Crippen molar-refractivity contribution in [1.29, 1.82) is 0 Å². The molecule has 2 amide bonds. The Kier molecular flexibility index (Phi) is 5.09. The Bertz CT molecular complexity index is 770. The van der Waals surface area contributed by atoms with Crippen LogP contribution in [0.15, 0.2) is 54.6 Å². The molecule has 0 saturated carbocycles. The second-order valence-electron chi connectivity index (χ2n) is 5.87. The van der Waals surface area contributed by atoms with Crippen LogP contribution >= 0.6 is 12.2 Å². The quantitative estimate of drug-likeness (QED) is 0.571. The van der Waals surface area contributed by atoms with Gasteiger partial charge in [0, 0.05) is 5.69 Å². The summed E-state index contributed by atoms with van der Waals surface area (Å²) >= 11 is 4.89. The number of carbonyl (C=O) groups is 2. The van der Waals surface area contributed by atoms with Crippen molar-refractivity contribution in [2.45, 2.75) is 19.4 Å². The number of aryl methyl sites for hydroxylation is 1. The SMILES string of the molecule is CCc1ccc([C@@H](Nc2ccccc2)C2C(=O)NC(=S)NC2=O)cc1. The molecule has 1 fully saturated rings. The smallest absolute Gasteiger partial charge is 0.241 e. The molecule has 6 heteroatoms. The van der Waals surface area contributed by atoms with Gasteiger partial charge in [0.1, 0.15) is 5.92 Å². The predicted molar refractivity (Wildman–Crippen MR) is 101 cm³/mol. The lowest BCUT2D eigenvalue weighted by atomic mass is 9.89. The summed E-state index contributed by atoms with van der Waals surface area (Å²) in [5.41, 5.74) is 2.89. The number of rotatable bonds is 5. The van der Waals surface area contributed by atoms with E-state index in [0.29, 0.717) is 0 Å². The number of amides is 2. The first-order valence-electron chi connectivity index (χ1n) is 8.14. The molecular formula is C19H19N3O2S. The van der Waals surface area contributed by atoms with Crippen LogP contribution in [0.5, 0.6) is 0 Å². The van der Waals surface area contributed by atoms with Gasteiger partial charge in [-0.15, -0.1) is 0 Å². The lowest BCUT2D eigenvalue weighted by Crippen LogP contribution is -2.57. The normalized spacial score (nSPS) is 16.1. The fraction of sp³-hybridized carbons (Fsp3) is 0.211. The molecule has 3 rings (SSSR count). The highest BCUT2D eigenvalue weighted by Gasteiger charge is 2.39. The minimum absolute atomic E-state index is 0.0473. The van der Waals surface area contributed by atoms with Crippen molar-refractivity contribution < 1.29 is 9.59 Å². The van der Waals surface area contributed by atoms with E-state index in [2.05, 4.69) is 22.9 Å². The molecule has 0 unspecified atom stereocenters. The van der Waals surface area contributed by atoms with Crippen LogP contribution in [0.2, 0.25) is 0 Å². The zero-order valence-electron chi connectivity index (χ0n) is 13.8. The van der Waals surface area contributed by atoms with E-state index in [1.165, 1.54) is 5.56 Å². The van der Waals surface area contributed by atoms with Gasteiger partial charge < -0.3 is 16.0 Å². The van der Waals surface area contributed by atoms with Gasteiger partial charge >= 0.3 is 0 Å². The largest absolute Gasteiger partial charge is 0.377 e. The van der Waals surface area contributed by atoms with Gasteiger partial charge in [-0.25, -0.2) is 0 Å². The van der Waals surface area contributed by atoms with Gasteiger partial charge in [0.25, 0.3) is 0 Å². The average Bonchev–Trinajstić information content (AvgIpc) is 2.61. The van der Waals surface area contributed by atoms with Crippen molar-refractivity contribution in [2.24, 2.45) is 5.92 Å². The first-order chi connectivity index (χ1) is 12.1. The highest BCUT2D eigenvalue weighted by molar-refractivity contribution is 7.80. The van der Waals surface area contributed by atoms with Crippen LogP contribution in [0.1, 0.15) is 24.1 Å². The Morgan fingerprint density at radius 2 is 1.60 bits per heavy atom. The molecular weight excluding hydrogens is 334 g/mol. The van der Waals surface area contributed by atoms with Crippen LogP contribution in [-0.4, -0.2) is 16.9 Å². The third-order valence-electron chi connectivity index (χ3n) is 4.21. The topological polar surface area (TPSA) is 70.2 Å². The Morgan fingerprint density at radius 3 is 2.16 bits per heavy atom. The maximum absolute atomic E-state index is 12.4. The highest BCUT2D eigenvalue weighted by Crippen LogP contribution is 2.29. The highest BCUT2D eigenvalue weighted by atomic mass is 32.1. The van der Waals surface area contributed by atoms with Gasteiger partial charge in [0.05, 0.1) is 6.04 Å². The summed E-state index contributed by atoms with van der Waals surface area (Å²) in [6, 6.07) is 16.9. The number of benzene rings is 2. The molecule has 0 aromatic heterocycles. The average molecular weight is 353 g/mol. The molecule has 2 aromatic carbocycles. The number of carbonyl (C=O) groups excluding carboxylic acids is 2. The van der Waals surface area contributed by atoms with E-state index in [-0.39, 0.29) is 5.11 Å². The maximum Gasteiger partial charge on any atom is 0.241 e. The molecule has 25 heavy (non-hydrogen) atoms. The first kappa shape index (κ1) is 17.1. The number of hydrogen-bond donors (Lipinski definition) is 3. The fourth-order valence-corrected chi connectivity index (χ4v) is 3.07. The van der Waals surface area contributed by atoms with Crippen molar-refractivity contribution >= 4 is 34.8 Å². The lowest BCUT2D eigenvalue weighted by Gasteiger charge is -2.31. The van der Waals surface area contributed by atoms with Crippen molar-refractivity contribution in [2.75, 3.05) is 5.32 Å². The standard InChI is InChI=1S/C19H19N3O2S/c1-2-12-8-10-13(11-9-12)16(20-14-6-4-3-5-7-14)15-17(23)21-19(25)22-18(15)24/h3-11,15-16,20H,2H2,1H3,(H2,21,22,23,24,25)/t16-/m1/s1. The molecule has 5 nitrogen and oxygen atoms in total. The Hall–Kier alpha value is -2.73. The summed E-state index contributed by atoms with van der Waals surface area (Å²) < 4.78 is 0. The van der Waals surface area contributed by atoms with Gasteiger partial charge in [0.2, 0.25) is 11.8 Å². The molecule has 0 spiro atoms. The molecule has 1 saturated heterocycles. The van der Waals surface area contributed by atoms with E-state index in [4.69, 9.17) is 12.2 Å². The van der Waals surface area contributed by atoms with E-state index < -0.39 is 23.8 Å². The number of anilines is 1. The maximum atomic E-state index is 12.4. The summed E-state index contributed by atoms with van der Waals surface area (Å²) in [5.74, 6) is -1.72. The van der Waals surface area contributed by atoms with Gasteiger partial charge in [-0.05, 0) is 41.9 Å². The van der Waals surface area contributed by atoms with Crippen LogP contribution < -0.4 is 16.0 Å². The van der Waals surface area contributed by atoms with Gasteiger partial charge in [0.15, 0.2) is 5.11 Å². The number of hydrogen-bond acceptors (Lipinski definition) is 4. The van der Waals surface area contributed by atoms with Crippen LogP contribution in [0, 0.1) is 5.92 Å². The molecule has 2 aromatic rings. The third kappa shape index (κ3) is 3.85. The van der Waals surface area contributed by atoms with E-state index >= 15 is 0 Å². The Balaban J connectivity index is 1.97. The van der Waals surface area contributed by atoms with Crippen LogP contribution in [0.25, 0.3) is 0 Å². The third-order valence-corrected chi connectivity index (χ3v) is 4.42. The summed E-state index contributed by atoms with van der Waals surface area (Å²) in [6.07, 6.45) is 0.926. The minimum Gasteiger partial charge on any atom is -0.377 e. The first-order valence-corrected chi connectivity index (χ1v) is 8.55. The molecule has 1 atom stereocenters. The lowest BCUT2D eigenvalue weighted by molar-refractivity contribution is -0.135. The Labute approximate surface area is 151 Å². The van der Waals surface area contributed by atoms with Crippen molar-refractivity contribution in [3.63, 3.8) is 0 Å². The summed E-state index contributed by atoms with van der Waals surface area (Å²) in [7, 11) is 0. The summed E-state index contributed by atoms with van der Waals surface area (Å²) in [6.45, 7) is 2.08. The van der Waals surface area contributed by atoms with E-state index in [1.807, 2.05) is 54.6 Å². The van der Waals surface area contributed by atoms with Crippen molar-refractivity contribution in [3.8, 4) is 0 Å². The second kappa shape index (κ2) is 7.44. The van der Waals surface area contributed by atoms with Crippen LogP contribution in [-0.2, 0) is 16.0 Å². The molecule has 1 aliphatic rings. The van der Waals surface area contributed by atoms with Crippen LogP contribution in [0.3, 0.4) is 0 Å². The van der Waals surface area contributed by atoms with E-state index in [9.17, 15) is 9.59 Å². The number of para-hydroxylation sites is 1. The second-order valence-corrected chi connectivity index (χ2v) is 6.28. The zero-order chi connectivity index (χ0) is 17.8. The van der Waals surface area contributed by atoms with Gasteiger partial charge in [-0.1, -0.05) is 49.4 Å². The zero-order valence-corrected chi connectivity index (χ0v) is 14.6. The van der Waals surface area contributed by atoms with Gasteiger partial charge in [-0.2, -0.15) is 0 Å². The summed E-state index contributed by atoms with van der Waals surface area (Å²) in [5, 5.41) is 8.44. The molecule has 1 aliphatic heterocycles. The fourth-order valence-electron chi connectivity index (χ4n) is 2.87. The molecule has 1 heterocycles. The molecule has 128 valence electrons. The van der Waals surface area contributed by atoms with Crippen molar-refractivity contribution in [1.82, 2.24) is 10.6 Å². The van der Waals surface area contributed by atoms with Gasteiger partial charge in [-0.3, -0.25) is 9.59 Å². The monoisotopic (exact) mass is 353 g/mol. The molecule has 0 radical (unpaired) electrons. The molecule has 0 aliphatic carbocycles. The van der Waals surface area contributed by atoms with E-state index in [1.54, 1.807) is 0 Å². The predicted octanol–water partition coefficient (Wildman–Crippen LogP) is 2.55. The molecule has 0 bridgehead atoms. The number of nitrogens with one attached hydrogen (secondary N) is 3. The minimum atomic E-state index is -0.917. The van der Waals surface area contributed by atoms with Crippen LogP contribution in [0.4, 0.5) is 5.69 Å². The number of thiocarbonyl (C=S) groups is 1. The summed E-state index contributed by atoms with van der Waals surface area (Å²) in [4.78, 5) is 24.9. The van der Waals surface area contributed by atoms with Crippen molar-refractivity contribution in [3.05, 3.63) is 65.7 Å². The molecule has 3 N–H and O–H groups in total. The Morgan fingerprint density at radius 1 is 1.00 bits per heavy atom.